The van der Waals surface area contributed by atoms with Crippen LogP contribution < -0.4 is 9.62 Å². The lowest BCUT2D eigenvalue weighted by atomic mass is 10.1. The molecule has 0 radical (unpaired) electrons. The van der Waals surface area contributed by atoms with E-state index in [1.807, 2.05) is 12.1 Å². The molecule has 0 bridgehead atoms. The van der Waals surface area contributed by atoms with Gasteiger partial charge >= 0.3 is 0 Å². The number of rotatable bonds is 9. The van der Waals surface area contributed by atoms with Crippen LogP contribution in [-0.2, 0) is 27.9 Å². The second kappa shape index (κ2) is 10.9. The molecule has 1 unspecified atom stereocenters. The van der Waals surface area contributed by atoms with Gasteiger partial charge in [0.15, 0.2) is 0 Å². The number of carbonyl (C=O) groups excluding carboxylic acids is 1. The van der Waals surface area contributed by atoms with Crippen molar-refractivity contribution in [1.82, 2.24) is 10.2 Å². The number of hydrogen-bond donors (Lipinski definition) is 1. The highest BCUT2D eigenvalue weighted by atomic mass is 35.5. The Morgan fingerprint density at radius 2 is 1.72 bits per heavy atom. The van der Waals surface area contributed by atoms with Crippen LogP contribution in [0.15, 0.2) is 42.5 Å². The van der Waals surface area contributed by atoms with Gasteiger partial charge < -0.3 is 5.32 Å². The van der Waals surface area contributed by atoms with Gasteiger partial charge in [0, 0.05) is 23.1 Å². The summed E-state index contributed by atoms with van der Waals surface area (Å²) in [5, 5.41) is 3.49. The number of hydrogen-bond acceptors (Lipinski definition) is 4. The molecule has 0 aliphatic carbocycles. The Labute approximate surface area is 200 Å². The van der Waals surface area contributed by atoms with Gasteiger partial charge in [-0.2, -0.15) is 0 Å². The lowest BCUT2D eigenvalue weighted by Crippen LogP contribution is -2.49. The van der Waals surface area contributed by atoms with Gasteiger partial charge in [-0.3, -0.25) is 14.0 Å². The van der Waals surface area contributed by atoms with Crippen molar-refractivity contribution in [2.75, 3.05) is 23.7 Å². The minimum absolute atomic E-state index is 0.264. The third-order valence-electron chi connectivity index (χ3n) is 5.49. The maximum Gasteiger partial charge on any atom is 0.244 e. The first-order chi connectivity index (χ1) is 15.2. The number of sulfonamides is 1. The third kappa shape index (κ3) is 6.61. The summed E-state index contributed by atoms with van der Waals surface area (Å²) in [4.78, 5) is 15.5. The molecule has 9 heteroatoms. The van der Waals surface area contributed by atoms with Gasteiger partial charge in [-0.05, 0) is 61.7 Å². The normalized spacial score (nSPS) is 15.5. The molecule has 6 nitrogen and oxygen atoms in total. The van der Waals surface area contributed by atoms with E-state index in [0.717, 1.165) is 35.8 Å². The molecule has 3 rings (SSSR count). The summed E-state index contributed by atoms with van der Waals surface area (Å²) in [7, 11) is -3.76. The topological polar surface area (TPSA) is 69.7 Å². The molecule has 1 heterocycles. The summed E-state index contributed by atoms with van der Waals surface area (Å²) in [6.45, 7) is 5.22. The fourth-order valence-electron chi connectivity index (χ4n) is 4.07. The number of anilines is 1. The van der Waals surface area contributed by atoms with Crippen LogP contribution in [-0.4, -0.2) is 44.6 Å². The van der Waals surface area contributed by atoms with Crippen molar-refractivity contribution >= 4 is 44.8 Å². The highest BCUT2D eigenvalue weighted by molar-refractivity contribution is 7.92. The van der Waals surface area contributed by atoms with Crippen molar-refractivity contribution < 1.29 is 13.2 Å². The molecule has 0 saturated carbocycles. The Hall–Kier alpha value is -1.80. The fraction of sp³-hybridized carbons (Fsp3) is 0.435. The highest BCUT2D eigenvalue weighted by Crippen LogP contribution is 2.29. The van der Waals surface area contributed by atoms with Crippen molar-refractivity contribution in [1.29, 1.82) is 0 Å². The Morgan fingerprint density at radius 1 is 1.09 bits per heavy atom. The monoisotopic (exact) mass is 497 g/mol. The van der Waals surface area contributed by atoms with E-state index in [-0.39, 0.29) is 18.0 Å². The van der Waals surface area contributed by atoms with Crippen LogP contribution in [0.5, 0.6) is 0 Å². The standard InChI is InChI=1S/C23H29Cl2N3O3S/c1-3-22(28(32(2,30)31)21-13-19(24)12-20(25)14-21)23(29)26-15-17-7-6-8-18(11-17)16-27-9-4-5-10-27/h6-8,11-14,22H,3-5,9-10,15-16H2,1-2H3,(H,26,29). The molecule has 1 atom stereocenters. The zero-order chi connectivity index (χ0) is 23.3. The lowest BCUT2D eigenvalue weighted by molar-refractivity contribution is -0.122. The Morgan fingerprint density at radius 3 is 2.31 bits per heavy atom. The van der Waals surface area contributed by atoms with Gasteiger partial charge in [-0.15, -0.1) is 0 Å². The predicted octanol–water partition coefficient (Wildman–Crippen LogP) is 4.45. The molecular formula is C23H29Cl2N3O3S. The minimum Gasteiger partial charge on any atom is -0.350 e. The molecule has 2 aromatic carbocycles. The molecule has 1 fully saturated rings. The Bertz CT molecular complexity index is 1040. The first kappa shape index (κ1) is 24.8. The van der Waals surface area contributed by atoms with E-state index in [1.165, 1.54) is 36.6 Å². The zero-order valence-corrected chi connectivity index (χ0v) is 20.7. The number of nitrogens with one attached hydrogen (secondary N) is 1. The van der Waals surface area contributed by atoms with Crippen LogP contribution in [0.4, 0.5) is 5.69 Å². The molecule has 1 saturated heterocycles. The molecular weight excluding hydrogens is 469 g/mol. The van der Waals surface area contributed by atoms with E-state index in [0.29, 0.717) is 16.6 Å². The average molecular weight is 498 g/mol. The van der Waals surface area contributed by atoms with E-state index >= 15 is 0 Å². The van der Waals surface area contributed by atoms with Gasteiger partial charge in [0.1, 0.15) is 6.04 Å². The molecule has 174 valence electrons. The average Bonchev–Trinajstić information content (AvgIpc) is 3.21. The summed E-state index contributed by atoms with van der Waals surface area (Å²) in [6, 6.07) is 11.7. The number of carbonyl (C=O) groups is 1. The van der Waals surface area contributed by atoms with Crippen molar-refractivity contribution in [2.24, 2.45) is 0 Å². The van der Waals surface area contributed by atoms with Crippen LogP contribution in [0.25, 0.3) is 0 Å². The van der Waals surface area contributed by atoms with E-state index in [9.17, 15) is 13.2 Å². The molecule has 1 aliphatic rings. The summed E-state index contributed by atoms with van der Waals surface area (Å²) in [5.74, 6) is -0.376. The number of amides is 1. The Balaban J connectivity index is 1.74. The van der Waals surface area contributed by atoms with E-state index < -0.39 is 16.1 Å². The summed E-state index contributed by atoms with van der Waals surface area (Å²) >= 11 is 12.2. The van der Waals surface area contributed by atoms with Crippen LogP contribution >= 0.6 is 23.2 Å². The predicted molar refractivity (Wildman–Crippen MR) is 131 cm³/mol. The van der Waals surface area contributed by atoms with Gasteiger partial charge in [-0.1, -0.05) is 54.4 Å². The van der Waals surface area contributed by atoms with Crippen molar-refractivity contribution in [3.8, 4) is 0 Å². The van der Waals surface area contributed by atoms with Gasteiger partial charge in [0.2, 0.25) is 15.9 Å². The largest absolute Gasteiger partial charge is 0.350 e. The van der Waals surface area contributed by atoms with Gasteiger partial charge in [-0.25, -0.2) is 8.42 Å². The van der Waals surface area contributed by atoms with Crippen molar-refractivity contribution in [3.05, 3.63) is 63.6 Å². The van der Waals surface area contributed by atoms with Crippen LogP contribution in [0, 0.1) is 0 Å². The second-order valence-electron chi connectivity index (χ2n) is 8.13. The van der Waals surface area contributed by atoms with E-state index in [2.05, 4.69) is 22.3 Å². The van der Waals surface area contributed by atoms with E-state index in [1.54, 1.807) is 6.92 Å². The third-order valence-corrected chi connectivity index (χ3v) is 7.11. The molecule has 2 aromatic rings. The zero-order valence-electron chi connectivity index (χ0n) is 18.4. The number of likely N-dealkylation sites (tertiary alicyclic amines) is 1. The van der Waals surface area contributed by atoms with Gasteiger partial charge in [0.05, 0.1) is 11.9 Å². The molecule has 0 aromatic heterocycles. The lowest BCUT2D eigenvalue weighted by Gasteiger charge is -2.30. The number of benzene rings is 2. The maximum absolute atomic E-state index is 13.1. The van der Waals surface area contributed by atoms with Gasteiger partial charge in [0.25, 0.3) is 0 Å². The quantitative estimate of drug-likeness (QED) is 0.555. The molecule has 0 spiro atoms. The highest BCUT2D eigenvalue weighted by Gasteiger charge is 2.31. The molecule has 1 aliphatic heterocycles. The SMILES string of the molecule is CCC(C(=O)NCc1cccc(CN2CCCC2)c1)N(c1cc(Cl)cc(Cl)c1)S(C)(=O)=O. The van der Waals surface area contributed by atoms with Crippen LogP contribution in [0.2, 0.25) is 10.0 Å². The summed E-state index contributed by atoms with van der Waals surface area (Å²) in [5.41, 5.74) is 2.44. The van der Waals surface area contributed by atoms with Crippen molar-refractivity contribution in [2.45, 2.75) is 45.3 Å². The van der Waals surface area contributed by atoms with E-state index in [4.69, 9.17) is 23.2 Å². The minimum atomic E-state index is -3.76. The molecule has 32 heavy (non-hydrogen) atoms. The van der Waals surface area contributed by atoms with Crippen LogP contribution in [0.3, 0.4) is 0 Å². The molecule has 1 amide bonds. The second-order valence-corrected chi connectivity index (χ2v) is 10.9. The number of nitrogens with zero attached hydrogens (tertiary/aromatic N) is 2. The smallest absolute Gasteiger partial charge is 0.244 e. The number of halogens is 2. The first-order valence-electron chi connectivity index (χ1n) is 10.7. The first-order valence-corrected chi connectivity index (χ1v) is 13.3. The summed E-state index contributed by atoms with van der Waals surface area (Å²) < 4.78 is 26.3. The Kier molecular flexibility index (Phi) is 8.44. The fourth-order valence-corrected chi connectivity index (χ4v) is 5.78. The maximum atomic E-state index is 13.1. The van der Waals surface area contributed by atoms with Crippen molar-refractivity contribution in [3.63, 3.8) is 0 Å². The molecule has 1 N–H and O–H groups in total. The van der Waals surface area contributed by atoms with Crippen LogP contribution in [0.1, 0.15) is 37.3 Å². The summed E-state index contributed by atoms with van der Waals surface area (Å²) in [6.07, 6.45) is 3.84.